The van der Waals surface area contributed by atoms with Crippen LogP contribution in [0.15, 0.2) is 21.5 Å². The highest BCUT2D eigenvalue weighted by Gasteiger charge is 2.11. The highest BCUT2D eigenvalue weighted by Crippen LogP contribution is 2.18. The Kier molecular flexibility index (Phi) is 6.21. The molecule has 1 atom stereocenters. The van der Waals surface area contributed by atoms with Crippen molar-refractivity contribution in [3.8, 4) is 0 Å². The molecule has 2 N–H and O–H groups in total. The molecule has 0 spiro atoms. The Morgan fingerprint density at radius 2 is 2.13 bits per heavy atom. The van der Waals surface area contributed by atoms with E-state index < -0.39 is 0 Å². The Bertz CT molecular complexity index is 659. The molecule has 0 saturated heterocycles. The molecule has 2 heterocycles. The number of hydrogen-bond donors (Lipinski definition) is 2. The smallest absolute Gasteiger partial charge is 0.191 e. The van der Waals surface area contributed by atoms with Crippen molar-refractivity contribution >= 4 is 17.3 Å². The summed E-state index contributed by atoms with van der Waals surface area (Å²) >= 11 is 1.76. The van der Waals surface area contributed by atoms with Crippen molar-refractivity contribution in [3.05, 3.63) is 39.2 Å². The third kappa shape index (κ3) is 5.10. The molecule has 5 nitrogen and oxygen atoms in total. The maximum Gasteiger partial charge on any atom is 0.191 e. The number of aliphatic imine (C=N–C) groups is 1. The van der Waals surface area contributed by atoms with Crippen molar-refractivity contribution in [2.24, 2.45) is 4.99 Å². The minimum atomic E-state index is 0.0777. The first-order valence-corrected chi connectivity index (χ1v) is 8.85. The maximum atomic E-state index is 5.66. The number of aromatic nitrogens is 1. The molecule has 0 aliphatic carbocycles. The molecule has 0 saturated carbocycles. The van der Waals surface area contributed by atoms with Gasteiger partial charge >= 0.3 is 0 Å². The molecule has 0 aliphatic heterocycles. The number of aryl methyl sites for hydroxylation is 3. The summed E-state index contributed by atoms with van der Waals surface area (Å²) in [5, 5.41) is 7.79. The standard InChI is InChI=1S/C17H26N4OS/c1-6-18-17(21-12(3)15-8-7-11(2)22-15)19-10-9-16-13(4)20-14(5)23-16/h7-8,12H,6,9-10H2,1-5H3,(H2,18,19,21). The van der Waals surface area contributed by atoms with Crippen LogP contribution in [-0.2, 0) is 6.42 Å². The summed E-state index contributed by atoms with van der Waals surface area (Å²) in [5.74, 6) is 2.65. The van der Waals surface area contributed by atoms with Crippen LogP contribution in [0.1, 0.15) is 47.0 Å². The molecule has 0 radical (unpaired) electrons. The largest absolute Gasteiger partial charge is 0.464 e. The molecule has 2 rings (SSSR count). The predicted molar refractivity (Wildman–Crippen MR) is 96.3 cm³/mol. The van der Waals surface area contributed by atoms with Gasteiger partial charge in [0.2, 0.25) is 0 Å². The minimum absolute atomic E-state index is 0.0777. The van der Waals surface area contributed by atoms with Gasteiger partial charge in [-0.15, -0.1) is 11.3 Å². The van der Waals surface area contributed by atoms with Crippen molar-refractivity contribution in [2.75, 3.05) is 13.1 Å². The summed E-state index contributed by atoms with van der Waals surface area (Å²) in [6.45, 7) is 11.8. The Morgan fingerprint density at radius 3 is 2.70 bits per heavy atom. The molecular weight excluding hydrogens is 308 g/mol. The lowest BCUT2D eigenvalue weighted by Crippen LogP contribution is -2.38. The minimum Gasteiger partial charge on any atom is -0.464 e. The summed E-state index contributed by atoms with van der Waals surface area (Å²) in [4.78, 5) is 10.4. The van der Waals surface area contributed by atoms with E-state index in [1.165, 1.54) is 4.88 Å². The number of furan rings is 1. The van der Waals surface area contributed by atoms with Gasteiger partial charge in [0.15, 0.2) is 5.96 Å². The fraction of sp³-hybridized carbons (Fsp3) is 0.529. The van der Waals surface area contributed by atoms with Crippen LogP contribution in [0.3, 0.4) is 0 Å². The quantitative estimate of drug-likeness (QED) is 0.627. The van der Waals surface area contributed by atoms with E-state index in [4.69, 9.17) is 4.42 Å². The van der Waals surface area contributed by atoms with Crippen LogP contribution in [0.4, 0.5) is 0 Å². The third-order valence-electron chi connectivity index (χ3n) is 3.49. The van der Waals surface area contributed by atoms with Crippen LogP contribution in [0.2, 0.25) is 0 Å². The number of rotatable bonds is 6. The number of guanidine groups is 1. The number of thiazole rings is 1. The molecule has 2 aromatic heterocycles. The number of nitrogens with one attached hydrogen (secondary N) is 2. The Morgan fingerprint density at radius 1 is 1.35 bits per heavy atom. The summed E-state index contributed by atoms with van der Waals surface area (Å²) in [6, 6.07) is 4.06. The first-order valence-electron chi connectivity index (χ1n) is 8.03. The molecule has 6 heteroatoms. The highest BCUT2D eigenvalue weighted by atomic mass is 32.1. The second-order valence-corrected chi connectivity index (χ2v) is 6.85. The Labute approximate surface area is 142 Å². The van der Waals surface area contributed by atoms with Gasteiger partial charge in [0.1, 0.15) is 11.5 Å². The topological polar surface area (TPSA) is 62.5 Å². The zero-order valence-corrected chi connectivity index (χ0v) is 15.4. The molecule has 0 fully saturated rings. The molecule has 0 aromatic carbocycles. The number of nitrogens with zero attached hydrogens (tertiary/aromatic N) is 2. The summed E-state index contributed by atoms with van der Waals surface area (Å²) in [7, 11) is 0. The first kappa shape index (κ1) is 17.5. The van der Waals surface area contributed by atoms with E-state index in [9.17, 15) is 0 Å². The van der Waals surface area contributed by atoms with Crippen molar-refractivity contribution in [3.63, 3.8) is 0 Å². The lowest BCUT2D eigenvalue weighted by Gasteiger charge is -2.16. The average molecular weight is 334 g/mol. The van der Waals surface area contributed by atoms with Gasteiger partial charge in [-0.05, 0) is 46.8 Å². The van der Waals surface area contributed by atoms with E-state index in [1.54, 1.807) is 11.3 Å². The van der Waals surface area contributed by atoms with E-state index >= 15 is 0 Å². The number of hydrogen-bond acceptors (Lipinski definition) is 4. The van der Waals surface area contributed by atoms with Gasteiger partial charge in [0, 0.05) is 24.4 Å². The van der Waals surface area contributed by atoms with Gasteiger partial charge in [-0.1, -0.05) is 0 Å². The van der Waals surface area contributed by atoms with E-state index in [0.717, 1.165) is 47.7 Å². The van der Waals surface area contributed by atoms with Crippen LogP contribution in [-0.4, -0.2) is 24.0 Å². The molecule has 0 amide bonds. The average Bonchev–Trinajstić information content (AvgIpc) is 3.05. The van der Waals surface area contributed by atoms with Gasteiger partial charge in [0.25, 0.3) is 0 Å². The van der Waals surface area contributed by atoms with Crippen LogP contribution < -0.4 is 10.6 Å². The van der Waals surface area contributed by atoms with Crippen molar-refractivity contribution in [1.29, 1.82) is 0 Å². The van der Waals surface area contributed by atoms with Gasteiger partial charge in [-0.3, -0.25) is 4.99 Å². The molecule has 0 aliphatic rings. The summed E-state index contributed by atoms with van der Waals surface area (Å²) in [6.07, 6.45) is 0.919. The summed E-state index contributed by atoms with van der Waals surface area (Å²) < 4.78 is 5.66. The van der Waals surface area contributed by atoms with Crippen LogP contribution in [0.5, 0.6) is 0 Å². The highest BCUT2D eigenvalue weighted by molar-refractivity contribution is 7.11. The Hall–Kier alpha value is -1.82. The van der Waals surface area contributed by atoms with Crippen LogP contribution in [0, 0.1) is 20.8 Å². The van der Waals surface area contributed by atoms with Gasteiger partial charge in [0.05, 0.1) is 16.7 Å². The van der Waals surface area contributed by atoms with E-state index in [1.807, 2.05) is 26.0 Å². The van der Waals surface area contributed by atoms with Gasteiger partial charge < -0.3 is 15.1 Å². The van der Waals surface area contributed by atoms with Gasteiger partial charge in [-0.2, -0.15) is 0 Å². The molecule has 23 heavy (non-hydrogen) atoms. The lowest BCUT2D eigenvalue weighted by molar-refractivity contribution is 0.441. The normalized spacial score (nSPS) is 13.2. The van der Waals surface area contributed by atoms with Crippen LogP contribution >= 0.6 is 11.3 Å². The fourth-order valence-corrected chi connectivity index (χ4v) is 3.28. The molecule has 2 aromatic rings. The van der Waals surface area contributed by atoms with Crippen LogP contribution in [0.25, 0.3) is 0 Å². The van der Waals surface area contributed by atoms with Crippen molar-refractivity contribution in [1.82, 2.24) is 15.6 Å². The Balaban J connectivity index is 1.95. The van der Waals surface area contributed by atoms with Crippen molar-refractivity contribution in [2.45, 2.75) is 47.1 Å². The maximum absolute atomic E-state index is 5.66. The lowest BCUT2D eigenvalue weighted by atomic mass is 10.2. The molecule has 1 unspecified atom stereocenters. The first-order chi connectivity index (χ1) is 11.0. The fourth-order valence-electron chi connectivity index (χ4n) is 2.36. The predicted octanol–water partition coefficient (Wildman–Crippen LogP) is 3.52. The third-order valence-corrected chi connectivity index (χ3v) is 4.63. The van der Waals surface area contributed by atoms with E-state index in [-0.39, 0.29) is 6.04 Å². The molecular formula is C17H26N4OS. The molecule has 126 valence electrons. The zero-order valence-electron chi connectivity index (χ0n) is 14.6. The summed E-state index contributed by atoms with van der Waals surface area (Å²) in [5.41, 5.74) is 1.13. The van der Waals surface area contributed by atoms with E-state index in [2.05, 4.69) is 41.4 Å². The van der Waals surface area contributed by atoms with Crippen molar-refractivity contribution < 1.29 is 4.42 Å². The van der Waals surface area contributed by atoms with E-state index in [0.29, 0.717) is 0 Å². The zero-order chi connectivity index (χ0) is 16.8. The second kappa shape index (κ2) is 8.15. The van der Waals surface area contributed by atoms with Gasteiger partial charge in [-0.25, -0.2) is 4.98 Å². The SMILES string of the molecule is CCNC(=NCCc1sc(C)nc1C)NC(C)c1ccc(C)o1. The molecule has 0 bridgehead atoms. The second-order valence-electron chi connectivity index (χ2n) is 5.57. The monoisotopic (exact) mass is 334 g/mol.